The normalized spacial score (nSPS) is 24.5. The topological polar surface area (TPSA) is 18.8 Å². The molecule has 1 unspecified atom stereocenters. The van der Waals surface area contributed by atoms with Crippen LogP contribution in [0.1, 0.15) is 19.8 Å². The maximum Gasteiger partial charge on any atom is 0.129 e. The molecular weight excluding hydrogens is 194 g/mol. The van der Waals surface area contributed by atoms with Gasteiger partial charge < -0.3 is 0 Å². The largest absolute Gasteiger partial charge is 0.275 e. The fraction of sp³-hybridized carbons (Fsp3) is 0.833. The van der Waals surface area contributed by atoms with Crippen molar-refractivity contribution in [3.8, 4) is 0 Å². The van der Waals surface area contributed by atoms with Crippen LogP contribution in [-0.4, -0.2) is 28.5 Å². The molecule has 0 aromatic carbocycles. The molecule has 0 aromatic rings. The second kappa shape index (κ2) is 3.23. The lowest BCUT2D eigenvalue weighted by atomic mass is 10.3. The van der Waals surface area contributed by atoms with Gasteiger partial charge in [0.2, 0.25) is 0 Å². The summed E-state index contributed by atoms with van der Waals surface area (Å²) in [7, 11) is 1.98. The molecule has 10 heavy (non-hydrogen) atoms. The molecule has 3 nitrogen and oxygen atoms in total. The van der Waals surface area contributed by atoms with Crippen molar-refractivity contribution < 1.29 is 0 Å². The predicted molar refractivity (Wildman–Crippen MR) is 45.7 cm³/mol. The van der Waals surface area contributed by atoms with Crippen LogP contribution in [-0.2, 0) is 0 Å². The maximum atomic E-state index is 4.10. The lowest BCUT2D eigenvalue weighted by Crippen LogP contribution is -2.31. The van der Waals surface area contributed by atoms with Crippen LogP contribution < -0.4 is 0 Å². The van der Waals surface area contributed by atoms with Gasteiger partial charge in [-0.1, -0.05) is 13.3 Å². The summed E-state index contributed by atoms with van der Waals surface area (Å²) in [4.78, 5) is 0. The maximum absolute atomic E-state index is 4.10. The second-order valence-electron chi connectivity index (χ2n) is 2.42. The van der Waals surface area contributed by atoms with E-state index in [1.54, 1.807) is 6.34 Å². The van der Waals surface area contributed by atoms with Gasteiger partial charge in [0.25, 0.3) is 0 Å². The Labute approximate surface area is 70.0 Å². The van der Waals surface area contributed by atoms with Crippen molar-refractivity contribution in [1.82, 2.24) is 8.93 Å². The Morgan fingerprint density at radius 3 is 2.80 bits per heavy atom. The summed E-state index contributed by atoms with van der Waals surface area (Å²) >= 11 is 3.39. The number of hydrogen-bond donors (Lipinski definition) is 0. The summed E-state index contributed by atoms with van der Waals surface area (Å²) in [6, 6.07) is 0. The van der Waals surface area contributed by atoms with Crippen LogP contribution in [0.25, 0.3) is 0 Å². The molecule has 1 atom stereocenters. The van der Waals surface area contributed by atoms with E-state index in [0.717, 1.165) is 6.42 Å². The van der Waals surface area contributed by atoms with Crippen LogP contribution in [0, 0.1) is 0 Å². The number of hydrogen-bond acceptors (Lipinski definition) is 3. The third-order valence-electron chi connectivity index (χ3n) is 1.61. The molecule has 0 amide bonds. The Balaban J connectivity index is 2.43. The Bertz CT molecular complexity index is 125. The molecule has 0 aliphatic carbocycles. The molecular formula is C6H12BrN3. The summed E-state index contributed by atoms with van der Waals surface area (Å²) in [5, 5.41) is 6.06. The highest BCUT2D eigenvalue weighted by molar-refractivity contribution is 9.07. The zero-order valence-electron chi connectivity index (χ0n) is 6.29. The average Bonchev–Trinajstić information content (AvgIpc) is 2.20. The Morgan fingerprint density at radius 1 is 1.70 bits per heavy atom. The van der Waals surface area contributed by atoms with Gasteiger partial charge in [-0.2, -0.15) is 5.10 Å². The van der Waals surface area contributed by atoms with Gasteiger partial charge in [0.1, 0.15) is 12.5 Å². The standard InChI is InChI=1S/C6H12BrN3/c1-3-4-6-9(2)8-5-10(6)7/h5-6H,3-4H2,1-2H3. The molecule has 1 aliphatic rings. The molecule has 4 heteroatoms. The van der Waals surface area contributed by atoms with Crippen molar-refractivity contribution >= 4 is 22.5 Å². The Kier molecular flexibility index (Phi) is 2.54. The SMILES string of the molecule is CCCC1N(Br)C=NN1C. The van der Waals surface area contributed by atoms with Crippen molar-refractivity contribution in [2.45, 2.75) is 25.9 Å². The Hall–Kier alpha value is -0.250. The van der Waals surface area contributed by atoms with Gasteiger partial charge in [-0.15, -0.1) is 0 Å². The minimum Gasteiger partial charge on any atom is -0.275 e. The first-order valence-electron chi connectivity index (χ1n) is 3.46. The van der Waals surface area contributed by atoms with E-state index >= 15 is 0 Å². The third kappa shape index (κ3) is 1.42. The van der Waals surface area contributed by atoms with E-state index in [4.69, 9.17) is 0 Å². The van der Waals surface area contributed by atoms with Gasteiger partial charge in [0.15, 0.2) is 0 Å². The predicted octanol–water partition coefficient (Wildman–Crippen LogP) is 1.61. The lowest BCUT2D eigenvalue weighted by Gasteiger charge is -2.22. The fourth-order valence-corrected chi connectivity index (χ4v) is 1.56. The van der Waals surface area contributed by atoms with Crippen LogP contribution in [0.2, 0.25) is 0 Å². The molecule has 0 saturated carbocycles. The van der Waals surface area contributed by atoms with Crippen LogP contribution in [0.4, 0.5) is 0 Å². The molecule has 0 N–H and O–H groups in total. The molecule has 0 aromatic heterocycles. The number of hydrazone groups is 1. The van der Waals surface area contributed by atoms with Crippen molar-refractivity contribution in [1.29, 1.82) is 0 Å². The van der Waals surface area contributed by atoms with E-state index in [-0.39, 0.29) is 0 Å². The van der Waals surface area contributed by atoms with Crippen LogP contribution in [0.5, 0.6) is 0 Å². The summed E-state index contributed by atoms with van der Waals surface area (Å²) in [5.74, 6) is 0. The number of halogens is 1. The van der Waals surface area contributed by atoms with Gasteiger partial charge in [0, 0.05) is 7.05 Å². The van der Waals surface area contributed by atoms with E-state index in [0.29, 0.717) is 6.17 Å². The first-order chi connectivity index (χ1) is 4.75. The molecule has 1 heterocycles. The summed E-state index contributed by atoms with van der Waals surface area (Å²) in [6.45, 7) is 2.17. The lowest BCUT2D eigenvalue weighted by molar-refractivity contribution is 0.211. The van der Waals surface area contributed by atoms with Gasteiger partial charge in [-0.3, -0.25) is 8.93 Å². The average molecular weight is 206 g/mol. The molecule has 0 spiro atoms. The van der Waals surface area contributed by atoms with E-state index in [9.17, 15) is 0 Å². The van der Waals surface area contributed by atoms with E-state index in [2.05, 4.69) is 28.2 Å². The van der Waals surface area contributed by atoms with Crippen molar-refractivity contribution in [3.63, 3.8) is 0 Å². The van der Waals surface area contributed by atoms with Gasteiger partial charge >= 0.3 is 0 Å². The van der Waals surface area contributed by atoms with E-state index < -0.39 is 0 Å². The van der Waals surface area contributed by atoms with Gasteiger partial charge in [-0.05, 0) is 6.42 Å². The van der Waals surface area contributed by atoms with Crippen LogP contribution in [0.3, 0.4) is 0 Å². The van der Waals surface area contributed by atoms with E-state index in [1.807, 2.05) is 16.0 Å². The quantitative estimate of drug-likeness (QED) is 0.639. The smallest absolute Gasteiger partial charge is 0.129 e. The molecule has 0 saturated heterocycles. The first kappa shape index (κ1) is 7.85. The summed E-state index contributed by atoms with van der Waals surface area (Å²) < 4.78 is 1.95. The molecule has 0 bridgehead atoms. The first-order valence-corrected chi connectivity index (χ1v) is 4.17. The van der Waals surface area contributed by atoms with Gasteiger partial charge in [-0.25, -0.2) is 0 Å². The molecule has 58 valence electrons. The Morgan fingerprint density at radius 2 is 2.40 bits per heavy atom. The molecule has 1 rings (SSSR count). The van der Waals surface area contributed by atoms with Crippen molar-refractivity contribution in [2.24, 2.45) is 5.10 Å². The molecule has 1 aliphatic heterocycles. The highest BCUT2D eigenvalue weighted by atomic mass is 79.9. The highest BCUT2D eigenvalue weighted by Gasteiger charge is 2.21. The van der Waals surface area contributed by atoms with Crippen LogP contribution in [0.15, 0.2) is 5.10 Å². The zero-order valence-corrected chi connectivity index (χ0v) is 7.87. The summed E-state index contributed by atoms with van der Waals surface area (Å²) in [6.07, 6.45) is 4.52. The van der Waals surface area contributed by atoms with Crippen molar-refractivity contribution in [3.05, 3.63) is 0 Å². The second-order valence-corrected chi connectivity index (χ2v) is 3.24. The zero-order chi connectivity index (χ0) is 7.56. The number of rotatable bonds is 2. The highest BCUT2D eigenvalue weighted by Crippen LogP contribution is 2.17. The van der Waals surface area contributed by atoms with Crippen molar-refractivity contribution in [2.75, 3.05) is 7.05 Å². The van der Waals surface area contributed by atoms with E-state index in [1.165, 1.54) is 6.42 Å². The monoisotopic (exact) mass is 205 g/mol. The minimum absolute atomic E-state index is 0.407. The summed E-state index contributed by atoms with van der Waals surface area (Å²) in [5.41, 5.74) is 0. The fourth-order valence-electron chi connectivity index (χ4n) is 1.01. The minimum atomic E-state index is 0.407. The van der Waals surface area contributed by atoms with Crippen LogP contribution >= 0.6 is 16.1 Å². The molecule has 0 radical (unpaired) electrons. The number of nitrogens with zero attached hydrogens (tertiary/aromatic N) is 3. The molecule has 0 fully saturated rings. The third-order valence-corrected chi connectivity index (χ3v) is 2.26. The van der Waals surface area contributed by atoms with Gasteiger partial charge in [0.05, 0.1) is 16.1 Å².